The number of nitrogens with zero attached hydrogens (tertiary/aromatic N) is 2. The molecule has 4 aliphatic rings. The highest BCUT2D eigenvalue weighted by Gasteiger charge is 2.50. The molecule has 3 nitrogen and oxygen atoms in total. The minimum atomic E-state index is 0.406. The molecular formula is C22H27N3. The summed E-state index contributed by atoms with van der Waals surface area (Å²) in [5.41, 5.74) is 3.96. The highest BCUT2D eigenvalue weighted by atomic mass is 15.0. The molecule has 1 aromatic heterocycles. The third-order valence-corrected chi connectivity index (χ3v) is 6.80. The molecule has 0 saturated heterocycles. The number of nitrogens with one attached hydrogen (secondary N) is 1. The monoisotopic (exact) mass is 333 g/mol. The fourth-order valence-electron chi connectivity index (χ4n) is 6.03. The number of hydrogen-bond donors (Lipinski definition) is 1. The third kappa shape index (κ3) is 2.89. The molecule has 3 heteroatoms. The molecule has 0 unspecified atom stereocenters. The predicted molar refractivity (Wildman–Crippen MR) is 99.9 cm³/mol. The van der Waals surface area contributed by atoms with Crippen LogP contribution in [0.25, 0.3) is 11.4 Å². The second-order valence-corrected chi connectivity index (χ2v) is 8.78. The van der Waals surface area contributed by atoms with Crippen LogP contribution in [0, 0.1) is 24.7 Å². The van der Waals surface area contributed by atoms with Crippen LogP contribution < -0.4 is 5.32 Å². The molecule has 6 rings (SSSR count). The van der Waals surface area contributed by atoms with E-state index in [4.69, 9.17) is 0 Å². The van der Waals surface area contributed by atoms with Crippen LogP contribution in [0.3, 0.4) is 0 Å². The Morgan fingerprint density at radius 2 is 1.56 bits per heavy atom. The van der Waals surface area contributed by atoms with Gasteiger partial charge in [0.2, 0.25) is 0 Å². The largest absolute Gasteiger partial charge is 0.307 e. The summed E-state index contributed by atoms with van der Waals surface area (Å²) < 4.78 is 0. The van der Waals surface area contributed by atoms with Gasteiger partial charge in [0.15, 0.2) is 5.82 Å². The summed E-state index contributed by atoms with van der Waals surface area (Å²) in [6, 6.07) is 8.32. The van der Waals surface area contributed by atoms with Gasteiger partial charge in [-0.2, -0.15) is 0 Å². The van der Waals surface area contributed by atoms with Crippen LogP contribution in [0.4, 0.5) is 0 Å². The molecule has 4 aliphatic carbocycles. The van der Waals surface area contributed by atoms with Crippen LogP contribution in [0.15, 0.2) is 36.7 Å². The molecular weight excluding hydrogens is 306 g/mol. The lowest BCUT2D eigenvalue weighted by atomic mass is 9.53. The lowest BCUT2D eigenvalue weighted by Crippen LogP contribution is -2.58. The van der Waals surface area contributed by atoms with Gasteiger partial charge in [-0.05, 0) is 68.8 Å². The highest BCUT2D eigenvalue weighted by Crippen LogP contribution is 2.55. The van der Waals surface area contributed by atoms with E-state index in [0.29, 0.717) is 5.54 Å². The summed E-state index contributed by atoms with van der Waals surface area (Å²) in [6.07, 6.45) is 12.7. The first-order valence-electron chi connectivity index (χ1n) is 9.81. The fourth-order valence-corrected chi connectivity index (χ4v) is 6.03. The number of aryl methyl sites for hydroxylation is 1. The van der Waals surface area contributed by atoms with E-state index in [1.165, 1.54) is 49.7 Å². The van der Waals surface area contributed by atoms with E-state index in [-0.39, 0.29) is 0 Å². The zero-order valence-electron chi connectivity index (χ0n) is 15.0. The van der Waals surface area contributed by atoms with Gasteiger partial charge in [0, 0.05) is 35.6 Å². The van der Waals surface area contributed by atoms with E-state index in [0.717, 1.165) is 35.7 Å². The van der Waals surface area contributed by atoms with Crippen molar-refractivity contribution < 1.29 is 0 Å². The predicted octanol–water partition coefficient (Wildman–Crippen LogP) is 4.51. The average molecular weight is 333 g/mol. The summed E-state index contributed by atoms with van der Waals surface area (Å²) in [6.45, 7) is 3.02. The second kappa shape index (κ2) is 5.91. The van der Waals surface area contributed by atoms with E-state index in [2.05, 4.69) is 40.4 Å². The molecule has 0 atom stereocenters. The molecule has 1 N–H and O–H groups in total. The first kappa shape index (κ1) is 15.5. The molecule has 4 saturated carbocycles. The molecule has 1 heterocycles. The molecule has 130 valence electrons. The maximum Gasteiger partial charge on any atom is 0.159 e. The van der Waals surface area contributed by atoms with Crippen molar-refractivity contribution in [3.63, 3.8) is 0 Å². The second-order valence-electron chi connectivity index (χ2n) is 8.78. The number of benzene rings is 1. The normalized spacial score (nSPS) is 32.9. The Bertz CT molecular complexity index is 730. The highest BCUT2D eigenvalue weighted by molar-refractivity contribution is 5.59. The lowest BCUT2D eigenvalue weighted by Gasteiger charge is -2.57. The third-order valence-electron chi connectivity index (χ3n) is 6.80. The van der Waals surface area contributed by atoms with Crippen LogP contribution in [0.5, 0.6) is 0 Å². The quantitative estimate of drug-likeness (QED) is 0.894. The van der Waals surface area contributed by atoms with Gasteiger partial charge in [0.05, 0.1) is 0 Å². The molecule has 0 aliphatic heterocycles. The van der Waals surface area contributed by atoms with Crippen molar-refractivity contribution in [3.8, 4) is 11.4 Å². The first-order chi connectivity index (χ1) is 12.2. The van der Waals surface area contributed by atoms with Gasteiger partial charge in [-0.3, -0.25) is 0 Å². The van der Waals surface area contributed by atoms with E-state index in [1.54, 1.807) is 0 Å². The van der Waals surface area contributed by atoms with Crippen molar-refractivity contribution in [2.45, 2.75) is 57.5 Å². The Hall–Kier alpha value is -1.74. The molecule has 2 aromatic rings. The summed E-state index contributed by atoms with van der Waals surface area (Å²) in [7, 11) is 0. The Morgan fingerprint density at radius 1 is 0.960 bits per heavy atom. The molecule has 0 radical (unpaired) electrons. The lowest BCUT2D eigenvalue weighted by molar-refractivity contribution is -0.0206. The van der Waals surface area contributed by atoms with Crippen LogP contribution in [0.2, 0.25) is 0 Å². The Balaban J connectivity index is 1.28. The van der Waals surface area contributed by atoms with Gasteiger partial charge >= 0.3 is 0 Å². The SMILES string of the molecule is Cc1ccccc1-c1ncc(CNC23CC4CC(CC(C4)C2)C3)cn1. The van der Waals surface area contributed by atoms with Crippen molar-refractivity contribution in [2.24, 2.45) is 17.8 Å². The Morgan fingerprint density at radius 3 is 2.16 bits per heavy atom. The van der Waals surface area contributed by atoms with Gasteiger partial charge < -0.3 is 5.32 Å². The average Bonchev–Trinajstić information content (AvgIpc) is 2.60. The van der Waals surface area contributed by atoms with E-state index >= 15 is 0 Å². The zero-order valence-corrected chi connectivity index (χ0v) is 15.0. The summed E-state index contributed by atoms with van der Waals surface area (Å²) in [5, 5.41) is 3.93. The summed E-state index contributed by atoms with van der Waals surface area (Å²) in [5.74, 6) is 3.78. The van der Waals surface area contributed by atoms with Gasteiger partial charge in [-0.25, -0.2) is 9.97 Å². The fraction of sp³-hybridized carbons (Fsp3) is 0.545. The molecule has 0 spiro atoms. The summed E-state index contributed by atoms with van der Waals surface area (Å²) in [4.78, 5) is 9.25. The van der Waals surface area contributed by atoms with Crippen molar-refractivity contribution in [3.05, 3.63) is 47.8 Å². The van der Waals surface area contributed by atoms with Crippen LogP contribution in [-0.4, -0.2) is 15.5 Å². The van der Waals surface area contributed by atoms with Gasteiger partial charge in [0.1, 0.15) is 0 Å². The van der Waals surface area contributed by atoms with E-state index in [1.807, 2.05) is 18.5 Å². The van der Waals surface area contributed by atoms with E-state index < -0.39 is 0 Å². The Kier molecular flexibility index (Phi) is 3.67. The van der Waals surface area contributed by atoms with Gasteiger partial charge in [-0.1, -0.05) is 24.3 Å². The number of aromatic nitrogens is 2. The summed E-state index contributed by atoms with van der Waals surface area (Å²) >= 11 is 0. The topological polar surface area (TPSA) is 37.8 Å². The number of rotatable bonds is 4. The van der Waals surface area contributed by atoms with Crippen molar-refractivity contribution in [1.82, 2.24) is 15.3 Å². The van der Waals surface area contributed by atoms with Gasteiger partial charge in [-0.15, -0.1) is 0 Å². The van der Waals surface area contributed by atoms with Crippen molar-refractivity contribution in [2.75, 3.05) is 0 Å². The van der Waals surface area contributed by atoms with Crippen LogP contribution in [0.1, 0.15) is 49.7 Å². The minimum Gasteiger partial charge on any atom is -0.307 e. The maximum absolute atomic E-state index is 4.62. The smallest absolute Gasteiger partial charge is 0.159 e. The standard InChI is InChI=1S/C22H27N3/c1-15-4-2-3-5-20(15)21-23-12-19(13-24-21)14-25-22-9-16-6-17(10-22)8-18(7-16)11-22/h2-5,12-13,16-18,25H,6-11,14H2,1H3. The van der Waals surface area contributed by atoms with Crippen LogP contribution in [-0.2, 0) is 6.54 Å². The first-order valence-corrected chi connectivity index (χ1v) is 9.81. The molecule has 25 heavy (non-hydrogen) atoms. The molecule has 4 fully saturated rings. The molecule has 1 aromatic carbocycles. The minimum absolute atomic E-state index is 0.406. The number of hydrogen-bond acceptors (Lipinski definition) is 3. The maximum atomic E-state index is 4.62. The Labute approximate surface area is 150 Å². The zero-order chi connectivity index (χ0) is 16.9. The van der Waals surface area contributed by atoms with Gasteiger partial charge in [0.25, 0.3) is 0 Å². The van der Waals surface area contributed by atoms with Crippen molar-refractivity contribution in [1.29, 1.82) is 0 Å². The molecule has 0 amide bonds. The molecule has 4 bridgehead atoms. The van der Waals surface area contributed by atoms with E-state index in [9.17, 15) is 0 Å². The van der Waals surface area contributed by atoms with Crippen LogP contribution >= 0.6 is 0 Å². The van der Waals surface area contributed by atoms with Crippen molar-refractivity contribution >= 4 is 0 Å².